The minimum absolute atomic E-state index is 0.208. The molecule has 7 nitrogen and oxygen atoms in total. The summed E-state index contributed by atoms with van der Waals surface area (Å²) >= 11 is 0. The summed E-state index contributed by atoms with van der Waals surface area (Å²) in [5, 5.41) is 30.0. The number of hydrogen-bond acceptors (Lipinski definition) is 6. The maximum atomic E-state index is 11.3. The molecule has 0 saturated heterocycles. The van der Waals surface area contributed by atoms with Crippen LogP contribution in [0.25, 0.3) is 10.8 Å². The van der Waals surface area contributed by atoms with Crippen molar-refractivity contribution in [1.82, 2.24) is 0 Å². The molecular weight excluding hydrogens is 316 g/mol. The number of nitrogens with zero attached hydrogens (tertiary/aromatic N) is 3. The van der Waals surface area contributed by atoms with Gasteiger partial charge in [0.25, 0.3) is 10.1 Å². The Morgan fingerprint density at radius 1 is 1.04 bits per heavy atom. The fourth-order valence-corrected chi connectivity index (χ4v) is 2.70. The molecule has 112 valence electrons. The molecule has 0 aliphatic heterocycles. The monoisotopic (exact) mass is 324 g/mol. The first-order valence-electron chi connectivity index (χ1n) is 6.12. The Kier molecular flexibility index (Phi) is 4.29. The second-order valence-electron chi connectivity index (χ2n) is 4.38. The molecule has 23 heavy (non-hydrogen) atoms. The zero-order chi connectivity index (χ0) is 17.0. The van der Waals surface area contributed by atoms with E-state index in [2.05, 4.69) is 5.32 Å². The van der Waals surface area contributed by atoms with Crippen LogP contribution in [-0.2, 0) is 10.1 Å². The zero-order valence-corrected chi connectivity index (χ0v) is 12.3. The van der Waals surface area contributed by atoms with Gasteiger partial charge in [-0.2, -0.15) is 24.2 Å². The first-order chi connectivity index (χ1) is 10.9. The van der Waals surface area contributed by atoms with Crippen molar-refractivity contribution in [2.75, 3.05) is 5.32 Å². The Morgan fingerprint density at radius 2 is 1.74 bits per heavy atom. The van der Waals surface area contributed by atoms with Gasteiger partial charge in [-0.25, -0.2) is 0 Å². The number of hydrogen-bond donors (Lipinski definition) is 2. The number of nitrogens with one attached hydrogen (secondary N) is 1. The maximum absolute atomic E-state index is 11.3. The second-order valence-corrected chi connectivity index (χ2v) is 5.77. The topological polar surface area (TPSA) is 138 Å². The molecule has 0 aliphatic carbocycles. The third kappa shape index (κ3) is 3.28. The molecule has 0 aliphatic rings. The maximum Gasteiger partial charge on any atom is 0.295 e. The number of nitriles is 3. The van der Waals surface area contributed by atoms with Crippen LogP contribution in [0, 0.1) is 34.0 Å². The van der Waals surface area contributed by atoms with Crippen LogP contribution in [0.5, 0.6) is 0 Å². The number of anilines is 1. The molecule has 0 radical (unpaired) electrons. The fourth-order valence-electron chi connectivity index (χ4n) is 1.98. The molecule has 0 amide bonds. The molecule has 2 N–H and O–H groups in total. The lowest BCUT2D eigenvalue weighted by molar-refractivity contribution is 0.484. The van der Waals surface area contributed by atoms with Crippen molar-refractivity contribution in [1.29, 1.82) is 15.8 Å². The lowest BCUT2D eigenvalue weighted by Crippen LogP contribution is -2.01. The normalized spacial score (nSPS) is 10.2. The molecule has 0 heterocycles. The Bertz CT molecular complexity index is 1030. The molecule has 0 spiro atoms. The zero-order valence-electron chi connectivity index (χ0n) is 11.5. The first kappa shape index (κ1) is 16.0. The molecular formula is C15H8N4O3S. The van der Waals surface area contributed by atoms with Gasteiger partial charge in [0, 0.05) is 11.1 Å². The van der Waals surface area contributed by atoms with Crippen LogP contribution in [0.2, 0.25) is 0 Å². The van der Waals surface area contributed by atoms with Crippen LogP contribution in [0.1, 0.15) is 0 Å². The molecule has 2 aromatic rings. The van der Waals surface area contributed by atoms with Crippen molar-refractivity contribution in [2.24, 2.45) is 0 Å². The standard InChI is InChI=1S/C15H8N4O3S/c16-7-11(8-17)14(9-18)19-12-4-5-13-10(6-12)2-1-3-15(13)23(20,21)22/h1-6,19H,(H,20,21,22). The van der Waals surface area contributed by atoms with E-state index in [1.807, 2.05) is 0 Å². The summed E-state index contributed by atoms with van der Waals surface area (Å²) < 4.78 is 31.9. The van der Waals surface area contributed by atoms with Gasteiger partial charge < -0.3 is 5.32 Å². The summed E-state index contributed by atoms with van der Waals surface area (Å²) in [6.07, 6.45) is 0. The third-order valence-corrected chi connectivity index (χ3v) is 3.88. The molecule has 2 aromatic carbocycles. The van der Waals surface area contributed by atoms with Gasteiger partial charge in [0.05, 0.1) is 0 Å². The summed E-state index contributed by atoms with van der Waals surface area (Å²) in [6, 6.07) is 13.8. The minimum Gasteiger partial charge on any atom is -0.345 e. The molecule has 2 rings (SSSR count). The highest BCUT2D eigenvalue weighted by atomic mass is 32.2. The average molecular weight is 324 g/mol. The first-order valence-corrected chi connectivity index (χ1v) is 7.56. The van der Waals surface area contributed by atoms with Crippen LogP contribution >= 0.6 is 0 Å². The van der Waals surface area contributed by atoms with Crippen molar-refractivity contribution >= 4 is 26.6 Å². The number of allylic oxidation sites excluding steroid dienone is 2. The SMILES string of the molecule is N#CC(C#N)=C(C#N)Nc1ccc2c(S(=O)(=O)O)cccc2c1. The van der Waals surface area contributed by atoms with Gasteiger partial charge in [0.15, 0.2) is 5.57 Å². The van der Waals surface area contributed by atoms with Crippen molar-refractivity contribution in [3.05, 3.63) is 47.7 Å². The third-order valence-electron chi connectivity index (χ3n) is 2.97. The van der Waals surface area contributed by atoms with Crippen LogP contribution < -0.4 is 5.32 Å². The van der Waals surface area contributed by atoms with Crippen LogP contribution in [0.3, 0.4) is 0 Å². The van der Waals surface area contributed by atoms with E-state index < -0.39 is 10.1 Å². The van der Waals surface area contributed by atoms with E-state index in [0.29, 0.717) is 16.5 Å². The van der Waals surface area contributed by atoms with Gasteiger partial charge in [0.1, 0.15) is 28.8 Å². The van der Waals surface area contributed by atoms with Crippen LogP contribution in [-0.4, -0.2) is 13.0 Å². The van der Waals surface area contributed by atoms with Crippen molar-refractivity contribution in [3.8, 4) is 18.2 Å². The lowest BCUT2D eigenvalue weighted by Gasteiger charge is -2.08. The van der Waals surface area contributed by atoms with Gasteiger partial charge in [-0.05, 0) is 23.6 Å². The number of benzene rings is 2. The highest BCUT2D eigenvalue weighted by molar-refractivity contribution is 7.86. The molecule has 0 atom stereocenters. The van der Waals surface area contributed by atoms with Gasteiger partial charge in [-0.3, -0.25) is 4.55 Å². The van der Waals surface area contributed by atoms with Crippen LogP contribution in [0.15, 0.2) is 52.6 Å². The van der Waals surface area contributed by atoms with E-state index in [9.17, 15) is 13.0 Å². The van der Waals surface area contributed by atoms with Crippen LogP contribution in [0.4, 0.5) is 5.69 Å². The quantitative estimate of drug-likeness (QED) is 0.652. The summed E-state index contributed by atoms with van der Waals surface area (Å²) in [5.74, 6) is 0. The smallest absolute Gasteiger partial charge is 0.295 e. The van der Waals surface area contributed by atoms with E-state index in [4.69, 9.17) is 15.8 Å². The Balaban J connectivity index is 2.56. The van der Waals surface area contributed by atoms with Gasteiger partial charge >= 0.3 is 0 Å². The molecule has 0 fully saturated rings. The highest BCUT2D eigenvalue weighted by Gasteiger charge is 2.14. The van der Waals surface area contributed by atoms with Crippen molar-refractivity contribution in [3.63, 3.8) is 0 Å². The fraction of sp³-hybridized carbons (Fsp3) is 0. The van der Waals surface area contributed by atoms with Crippen molar-refractivity contribution in [2.45, 2.75) is 4.90 Å². The second kappa shape index (κ2) is 6.17. The number of fused-ring (bicyclic) bond motifs is 1. The minimum atomic E-state index is -4.36. The molecule has 0 saturated carbocycles. The summed E-state index contributed by atoms with van der Waals surface area (Å²) in [6.45, 7) is 0. The molecule has 0 unspecified atom stereocenters. The van der Waals surface area contributed by atoms with E-state index in [1.54, 1.807) is 24.3 Å². The highest BCUT2D eigenvalue weighted by Crippen LogP contribution is 2.26. The Morgan fingerprint density at radius 3 is 2.30 bits per heavy atom. The van der Waals surface area contributed by atoms with E-state index >= 15 is 0 Å². The van der Waals surface area contributed by atoms with Gasteiger partial charge in [-0.15, -0.1) is 0 Å². The Hall–Kier alpha value is -3.38. The summed E-state index contributed by atoms with van der Waals surface area (Å²) in [7, 11) is -4.36. The molecule has 8 heteroatoms. The summed E-state index contributed by atoms with van der Waals surface area (Å²) in [4.78, 5) is -0.229. The van der Waals surface area contributed by atoms with Crippen molar-refractivity contribution < 1.29 is 13.0 Å². The average Bonchev–Trinajstić information content (AvgIpc) is 2.53. The largest absolute Gasteiger partial charge is 0.345 e. The summed E-state index contributed by atoms with van der Waals surface area (Å²) in [5.41, 5.74) is -0.177. The predicted octanol–water partition coefficient (Wildman–Crippen LogP) is 2.32. The lowest BCUT2D eigenvalue weighted by atomic mass is 10.1. The van der Waals surface area contributed by atoms with E-state index in [-0.39, 0.29) is 16.2 Å². The Labute approximate surface area is 132 Å². The van der Waals surface area contributed by atoms with Gasteiger partial charge in [-0.1, -0.05) is 18.2 Å². The van der Waals surface area contributed by atoms with E-state index in [0.717, 1.165) is 0 Å². The number of rotatable bonds is 3. The molecule has 0 bridgehead atoms. The van der Waals surface area contributed by atoms with E-state index in [1.165, 1.54) is 30.3 Å². The van der Waals surface area contributed by atoms with Gasteiger partial charge in [0.2, 0.25) is 0 Å². The molecule has 0 aromatic heterocycles. The predicted molar refractivity (Wildman–Crippen MR) is 81.3 cm³/mol.